The number of hydrogen-bond acceptors (Lipinski definition) is 5. The number of alkyl halides is 2. The minimum absolute atomic E-state index is 0. The van der Waals surface area contributed by atoms with Crippen LogP contribution in [0.3, 0.4) is 0 Å². The average Bonchev–Trinajstić information content (AvgIpc) is 2.51. The highest BCUT2D eigenvalue weighted by Crippen LogP contribution is 2.13. The lowest BCUT2D eigenvalue weighted by atomic mass is 10.2. The van der Waals surface area contributed by atoms with Gasteiger partial charge in [-0.15, -0.1) is 12.4 Å². The molecule has 0 bridgehead atoms. The summed E-state index contributed by atoms with van der Waals surface area (Å²) in [5, 5.41) is 2.04. The van der Waals surface area contributed by atoms with Gasteiger partial charge in [0.25, 0.3) is 11.8 Å². The standard InChI is InChI=1S/C13H18F2N2O4S.ClH/c1-21-6-7-22(19,20)11-4-2-10(3-5-11)12(18)17-9-13(14,15)8-16;/h2-5H,6-9,16H2,1H3,(H,17,18);1H. The fourth-order valence-electron chi connectivity index (χ4n) is 1.51. The lowest BCUT2D eigenvalue weighted by Gasteiger charge is -2.14. The predicted molar refractivity (Wildman–Crippen MR) is 84.0 cm³/mol. The summed E-state index contributed by atoms with van der Waals surface area (Å²) < 4.78 is 54.3. The molecule has 1 amide bonds. The van der Waals surface area contributed by atoms with E-state index in [0.717, 1.165) is 0 Å². The van der Waals surface area contributed by atoms with Crippen LogP contribution in [0.5, 0.6) is 0 Å². The fourth-order valence-corrected chi connectivity index (χ4v) is 2.68. The highest BCUT2D eigenvalue weighted by molar-refractivity contribution is 7.91. The van der Waals surface area contributed by atoms with E-state index >= 15 is 0 Å². The second kappa shape index (κ2) is 9.11. The maximum Gasteiger partial charge on any atom is 0.277 e. The van der Waals surface area contributed by atoms with Crippen LogP contribution in [0.1, 0.15) is 10.4 Å². The Morgan fingerprint density at radius 2 is 1.87 bits per heavy atom. The van der Waals surface area contributed by atoms with E-state index in [9.17, 15) is 22.0 Å². The fraction of sp³-hybridized carbons (Fsp3) is 0.462. The van der Waals surface area contributed by atoms with E-state index in [2.05, 4.69) is 0 Å². The number of amides is 1. The number of carbonyl (C=O) groups excluding carboxylic acids is 1. The zero-order chi connectivity index (χ0) is 16.8. The van der Waals surface area contributed by atoms with Crippen molar-refractivity contribution < 1.29 is 26.7 Å². The maximum absolute atomic E-state index is 12.9. The molecular weight excluding hydrogens is 354 g/mol. The number of ether oxygens (including phenoxy) is 1. The lowest BCUT2D eigenvalue weighted by molar-refractivity contribution is 0.0118. The van der Waals surface area contributed by atoms with Crippen LogP contribution < -0.4 is 11.1 Å². The molecule has 0 unspecified atom stereocenters. The quantitative estimate of drug-likeness (QED) is 0.705. The third kappa shape index (κ3) is 6.78. The van der Waals surface area contributed by atoms with Crippen LogP contribution in [0.15, 0.2) is 29.2 Å². The van der Waals surface area contributed by atoms with Crippen molar-refractivity contribution in [1.29, 1.82) is 0 Å². The number of benzene rings is 1. The molecule has 1 aromatic rings. The normalized spacial score (nSPS) is 11.7. The van der Waals surface area contributed by atoms with Gasteiger partial charge in [-0.2, -0.15) is 0 Å². The summed E-state index contributed by atoms with van der Waals surface area (Å²) in [6, 6.07) is 5.02. The van der Waals surface area contributed by atoms with Crippen LogP contribution in [0.25, 0.3) is 0 Å². The Balaban J connectivity index is 0.00000484. The van der Waals surface area contributed by atoms with E-state index in [-0.39, 0.29) is 35.2 Å². The van der Waals surface area contributed by atoms with E-state index in [4.69, 9.17) is 10.5 Å². The molecular formula is C13H19ClF2N2O4S. The van der Waals surface area contributed by atoms with Crippen molar-refractivity contribution in [2.45, 2.75) is 10.8 Å². The summed E-state index contributed by atoms with van der Waals surface area (Å²) in [5.74, 6) is -4.09. The molecule has 0 aromatic heterocycles. The molecule has 23 heavy (non-hydrogen) atoms. The van der Waals surface area contributed by atoms with Gasteiger partial charge in [0.15, 0.2) is 9.84 Å². The first-order valence-corrected chi connectivity index (χ1v) is 8.05. The van der Waals surface area contributed by atoms with Gasteiger partial charge in [0, 0.05) is 12.7 Å². The van der Waals surface area contributed by atoms with Crippen LogP contribution in [0, 0.1) is 0 Å². The van der Waals surface area contributed by atoms with E-state index in [1.807, 2.05) is 5.32 Å². The number of rotatable bonds is 8. The van der Waals surface area contributed by atoms with Crippen molar-refractivity contribution in [3.05, 3.63) is 29.8 Å². The van der Waals surface area contributed by atoms with Gasteiger partial charge < -0.3 is 15.8 Å². The minimum Gasteiger partial charge on any atom is -0.384 e. The average molecular weight is 373 g/mol. The molecule has 0 heterocycles. The highest BCUT2D eigenvalue weighted by atomic mass is 35.5. The third-order valence-electron chi connectivity index (χ3n) is 2.84. The van der Waals surface area contributed by atoms with E-state index in [1.54, 1.807) is 0 Å². The molecule has 0 aliphatic carbocycles. The SMILES string of the molecule is COCCS(=O)(=O)c1ccc(C(=O)NCC(F)(F)CN)cc1.Cl. The Hall–Kier alpha value is -1.29. The summed E-state index contributed by atoms with van der Waals surface area (Å²) in [6.07, 6.45) is 0. The molecule has 3 N–H and O–H groups in total. The van der Waals surface area contributed by atoms with Crippen LogP contribution in [-0.2, 0) is 14.6 Å². The summed E-state index contributed by atoms with van der Waals surface area (Å²) >= 11 is 0. The van der Waals surface area contributed by atoms with Gasteiger partial charge in [-0.05, 0) is 24.3 Å². The molecule has 0 aliphatic heterocycles. The summed E-state index contributed by atoms with van der Waals surface area (Å²) in [7, 11) is -2.11. The third-order valence-corrected chi connectivity index (χ3v) is 4.53. The van der Waals surface area contributed by atoms with Gasteiger partial charge in [0.05, 0.1) is 30.3 Å². The van der Waals surface area contributed by atoms with Crippen molar-refractivity contribution in [3.8, 4) is 0 Å². The summed E-state index contributed by atoms with van der Waals surface area (Å²) in [5.41, 5.74) is 4.94. The van der Waals surface area contributed by atoms with Crippen LogP contribution >= 0.6 is 12.4 Å². The molecule has 132 valence electrons. The van der Waals surface area contributed by atoms with Crippen LogP contribution in [0.4, 0.5) is 8.78 Å². The Morgan fingerprint density at radius 3 is 2.35 bits per heavy atom. The zero-order valence-corrected chi connectivity index (χ0v) is 14.1. The molecule has 0 aliphatic rings. The van der Waals surface area contributed by atoms with Gasteiger partial charge in [-0.1, -0.05) is 0 Å². The first kappa shape index (κ1) is 21.7. The second-order valence-electron chi connectivity index (χ2n) is 4.58. The van der Waals surface area contributed by atoms with Gasteiger partial charge in [0.2, 0.25) is 0 Å². The minimum atomic E-state index is -3.50. The van der Waals surface area contributed by atoms with Crippen LogP contribution in [-0.4, -0.2) is 52.8 Å². The molecule has 0 atom stereocenters. The van der Waals surface area contributed by atoms with Gasteiger partial charge >= 0.3 is 0 Å². The van der Waals surface area contributed by atoms with Gasteiger partial charge in [-0.3, -0.25) is 4.79 Å². The Morgan fingerprint density at radius 1 is 1.30 bits per heavy atom. The van der Waals surface area contributed by atoms with Crippen LogP contribution in [0.2, 0.25) is 0 Å². The molecule has 0 radical (unpaired) electrons. The van der Waals surface area contributed by atoms with Gasteiger partial charge in [0.1, 0.15) is 0 Å². The molecule has 1 rings (SSSR count). The number of hydrogen-bond donors (Lipinski definition) is 2. The monoisotopic (exact) mass is 372 g/mol. The van der Waals surface area contributed by atoms with Crippen molar-refractivity contribution in [3.63, 3.8) is 0 Å². The number of nitrogens with one attached hydrogen (secondary N) is 1. The number of nitrogens with two attached hydrogens (primary N) is 1. The highest BCUT2D eigenvalue weighted by Gasteiger charge is 2.27. The molecule has 0 saturated carbocycles. The maximum atomic E-state index is 12.9. The molecule has 10 heteroatoms. The summed E-state index contributed by atoms with van der Waals surface area (Å²) in [6.45, 7) is -1.70. The first-order valence-electron chi connectivity index (χ1n) is 6.40. The zero-order valence-electron chi connectivity index (χ0n) is 12.4. The summed E-state index contributed by atoms with van der Waals surface area (Å²) in [4.78, 5) is 11.7. The first-order chi connectivity index (χ1) is 10.2. The van der Waals surface area contributed by atoms with E-state index < -0.39 is 34.8 Å². The molecule has 6 nitrogen and oxygen atoms in total. The number of halogens is 3. The largest absolute Gasteiger partial charge is 0.384 e. The van der Waals surface area contributed by atoms with Crippen molar-refractivity contribution >= 4 is 28.2 Å². The van der Waals surface area contributed by atoms with E-state index in [1.165, 1.54) is 31.4 Å². The number of sulfone groups is 1. The van der Waals surface area contributed by atoms with Crippen molar-refractivity contribution in [2.24, 2.45) is 5.73 Å². The van der Waals surface area contributed by atoms with E-state index in [0.29, 0.717) is 0 Å². The number of carbonyl (C=O) groups is 1. The molecule has 0 fully saturated rings. The lowest BCUT2D eigenvalue weighted by Crippen LogP contribution is -2.41. The smallest absolute Gasteiger partial charge is 0.277 e. The van der Waals surface area contributed by atoms with Crippen molar-refractivity contribution in [1.82, 2.24) is 5.32 Å². The topological polar surface area (TPSA) is 98.5 Å². The predicted octanol–water partition coefficient (Wildman–Crippen LogP) is 0.852. The Labute approximate surface area is 139 Å². The molecule has 1 aromatic carbocycles. The Kier molecular flexibility index (Phi) is 8.60. The molecule has 0 spiro atoms. The second-order valence-corrected chi connectivity index (χ2v) is 6.69. The van der Waals surface area contributed by atoms with Crippen molar-refractivity contribution in [2.75, 3.05) is 32.6 Å². The number of methoxy groups -OCH3 is 1. The Bertz CT molecular complexity index is 609. The van der Waals surface area contributed by atoms with Gasteiger partial charge in [-0.25, -0.2) is 17.2 Å². The molecule has 0 saturated heterocycles.